The van der Waals surface area contributed by atoms with Crippen LogP contribution < -0.4 is 10.1 Å². The summed E-state index contributed by atoms with van der Waals surface area (Å²) in [7, 11) is 1.37. The second kappa shape index (κ2) is 4.15. The highest BCUT2D eigenvalue weighted by atomic mass is 79.9. The van der Waals surface area contributed by atoms with E-state index in [1.165, 1.54) is 13.0 Å². The second-order valence-electron chi connectivity index (χ2n) is 3.47. The third kappa shape index (κ3) is 2.41. The molecular formula is C9H7BrClNO4S. The minimum Gasteiger partial charge on any atom is -0.477 e. The van der Waals surface area contributed by atoms with Gasteiger partial charge in [0.05, 0.1) is 5.69 Å². The molecular weight excluding hydrogens is 334 g/mol. The van der Waals surface area contributed by atoms with E-state index >= 15 is 0 Å². The molecule has 0 bridgehead atoms. The zero-order valence-electron chi connectivity index (χ0n) is 8.53. The molecule has 8 heteroatoms. The lowest BCUT2D eigenvalue weighted by Crippen LogP contribution is -2.34. The molecule has 0 aromatic heterocycles. The molecule has 0 radical (unpaired) electrons. The number of ether oxygens (including phenoxy) is 1. The molecule has 2 rings (SSSR count). The van der Waals surface area contributed by atoms with E-state index in [0.717, 1.165) is 0 Å². The zero-order valence-corrected chi connectivity index (χ0v) is 11.7. The maximum absolute atomic E-state index is 11.4. The third-order valence-corrected chi connectivity index (χ3v) is 3.99. The maximum Gasteiger partial charge on any atom is 0.265 e. The van der Waals surface area contributed by atoms with Crippen molar-refractivity contribution in [1.29, 1.82) is 0 Å². The van der Waals surface area contributed by atoms with Crippen LogP contribution in [0.2, 0.25) is 0 Å². The summed E-state index contributed by atoms with van der Waals surface area (Å²) in [6.45, 7) is 1.52. The molecule has 0 fully saturated rings. The number of benzene rings is 1. The number of fused-ring (bicyclic) bond motifs is 1. The van der Waals surface area contributed by atoms with E-state index in [2.05, 4.69) is 21.2 Å². The molecule has 0 spiro atoms. The first-order valence-corrected chi connectivity index (χ1v) is 7.65. The van der Waals surface area contributed by atoms with E-state index in [1.807, 2.05) is 0 Å². The summed E-state index contributed by atoms with van der Waals surface area (Å²) in [5.41, 5.74) is 0.279. The summed E-state index contributed by atoms with van der Waals surface area (Å²) in [4.78, 5) is 11.2. The quantitative estimate of drug-likeness (QED) is 0.795. The van der Waals surface area contributed by atoms with Crippen LogP contribution >= 0.6 is 26.6 Å². The second-order valence-corrected chi connectivity index (χ2v) is 6.92. The molecule has 0 saturated heterocycles. The maximum atomic E-state index is 11.4. The van der Waals surface area contributed by atoms with Crippen LogP contribution in [-0.2, 0) is 13.8 Å². The number of halogens is 2. The standard InChI is InChI=1S/C9H7BrClNO4S/c1-4-9(13)12-6-2-5(10)3-7(8(6)16-4)17(11,14)15/h2-4H,1H3,(H,12,13). The Bertz CT molecular complexity index is 601. The van der Waals surface area contributed by atoms with Crippen molar-refractivity contribution in [3.63, 3.8) is 0 Å². The van der Waals surface area contributed by atoms with Gasteiger partial charge in [-0.05, 0) is 19.1 Å². The van der Waals surface area contributed by atoms with Gasteiger partial charge in [0.15, 0.2) is 11.9 Å². The number of hydrogen-bond acceptors (Lipinski definition) is 4. The number of anilines is 1. The third-order valence-electron chi connectivity index (χ3n) is 2.20. The van der Waals surface area contributed by atoms with Gasteiger partial charge in [0.25, 0.3) is 15.0 Å². The van der Waals surface area contributed by atoms with E-state index in [4.69, 9.17) is 15.4 Å². The smallest absolute Gasteiger partial charge is 0.265 e. The Labute approximate surface area is 111 Å². The van der Waals surface area contributed by atoms with Crippen LogP contribution in [0.4, 0.5) is 5.69 Å². The Morgan fingerprint density at radius 2 is 2.12 bits per heavy atom. The van der Waals surface area contributed by atoms with Crippen LogP contribution in [0.5, 0.6) is 5.75 Å². The minimum atomic E-state index is -3.94. The van der Waals surface area contributed by atoms with E-state index in [9.17, 15) is 13.2 Å². The lowest BCUT2D eigenvalue weighted by molar-refractivity contribution is -0.122. The largest absolute Gasteiger partial charge is 0.477 e. The van der Waals surface area contributed by atoms with Crippen molar-refractivity contribution in [2.24, 2.45) is 0 Å². The van der Waals surface area contributed by atoms with Gasteiger partial charge in [0.2, 0.25) is 0 Å². The summed E-state index contributed by atoms with van der Waals surface area (Å²) >= 11 is 3.14. The van der Waals surface area contributed by atoms with Crippen LogP contribution in [0.3, 0.4) is 0 Å². The molecule has 1 unspecified atom stereocenters. The van der Waals surface area contributed by atoms with Gasteiger partial charge in [-0.1, -0.05) is 15.9 Å². The molecule has 1 amide bonds. The Morgan fingerprint density at radius 3 is 2.71 bits per heavy atom. The molecule has 1 aliphatic heterocycles. The predicted molar refractivity (Wildman–Crippen MR) is 65.9 cm³/mol. The fraction of sp³-hybridized carbons (Fsp3) is 0.222. The van der Waals surface area contributed by atoms with Crippen LogP contribution in [-0.4, -0.2) is 20.4 Å². The van der Waals surface area contributed by atoms with Crippen molar-refractivity contribution in [2.75, 3.05) is 5.32 Å². The summed E-state index contributed by atoms with van der Waals surface area (Å²) < 4.78 is 28.5. The highest BCUT2D eigenvalue weighted by molar-refractivity contribution is 9.10. The first-order chi connectivity index (χ1) is 7.79. The predicted octanol–water partition coefficient (Wildman–Crippen LogP) is 2.10. The Kier molecular flexibility index (Phi) is 3.09. The first kappa shape index (κ1) is 12.7. The van der Waals surface area contributed by atoms with Gasteiger partial charge in [-0.25, -0.2) is 8.42 Å². The van der Waals surface area contributed by atoms with Gasteiger partial charge in [-0.15, -0.1) is 0 Å². The van der Waals surface area contributed by atoms with Crippen molar-refractivity contribution in [2.45, 2.75) is 17.9 Å². The van der Waals surface area contributed by atoms with E-state index in [-0.39, 0.29) is 22.2 Å². The molecule has 1 N–H and O–H groups in total. The number of hydrogen-bond donors (Lipinski definition) is 1. The molecule has 1 aromatic rings. The lowest BCUT2D eigenvalue weighted by atomic mass is 10.2. The Hall–Kier alpha value is -0.790. The van der Waals surface area contributed by atoms with Gasteiger partial charge in [0.1, 0.15) is 4.90 Å². The first-order valence-electron chi connectivity index (χ1n) is 4.55. The fourth-order valence-electron chi connectivity index (χ4n) is 1.43. The van der Waals surface area contributed by atoms with E-state index < -0.39 is 15.2 Å². The van der Waals surface area contributed by atoms with Gasteiger partial charge in [0, 0.05) is 15.2 Å². The van der Waals surface area contributed by atoms with Gasteiger partial charge in [-0.2, -0.15) is 0 Å². The normalized spacial score (nSPS) is 19.2. The summed E-state index contributed by atoms with van der Waals surface area (Å²) in [5.74, 6) is -0.274. The number of rotatable bonds is 1. The monoisotopic (exact) mass is 339 g/mol. The molecule has 0 aliphatic carbocycles. The van der Waals surface area contributed by atoms with Crippen LogP contribution in [0.15, 0.2) is 21.5 Å². The molecule has 5 nitrogen and oxygen atoms in total. The van der Waals surface area contributed by atoms with E-state index in [0.29, 0.717) is 4.47 Å². The molecule has 1 aromatic carbocycles. The molecule has 92 valence electrons. The number of amides is 1. The molecule has 1 aliphatic rings. The Balaban J connectivity index is 2.68. The molecule has 1 heterocycles. The van der Waals surface area contributed by atoms with Crippen molar-refractivity contribution in [1.82, 2.24) is 0 Å². The average molecular weight is 341 g/mol. The topological polar surface area (TPSA) is 72.5 Å². The molecule has 1 atom stereocenters. The van der Waals surface area contributed by atoms with Gasteiger partial charge < -0.3 is 10.1 Å². The zero-order chi connectivity index (χ0) is 12.8. The van der Waals surface area contributed by atoms with Crippen molar-refractivity contribution in [3.05, 3.63) is 16.6 Å². The van der Waals surface area contributed by atoms with Crippen LogP contribution in [0.25, 0.3) is 0 Å². The summed E-state index contributed by atoms with van der Waals surface area (Å²) in [6.07, 6.45) is -0.763. The highest BCUT2D eigenvalue weighted by Gasteiger charge is 2.30. The highest BCUT2D eigenvalue weighted by Crippen LogP contribution is 2.40. The fourth-order valence-corrected chi connectivity index (χ4v) is 3.03. The molecule has 17 heavy (non-hydrogen) atoms. The van der Waals surface area contributed by atoms with Crippen LogP contribution in [0.1, 0.15) is 6.92 Å². The number of carbonyl (C=O) groups excluding carboxylic acids is 1. The lowest BCUT2D eigenvalue weighted by Gasteiger charge is -2.24. The Morgan fingerprint density at radius 1 is 1.47 bits per heavy atom. The van der Waals surface area contributed by atoms with Crippen LogP contribution in [0, 0.1) is 0 Å². The number of nitrogens with one attached hydrogen (secondary N) is 1. The average Bonchev–Trinajstić information content (AvgIpc) is 2.18. The SMILES string of the molecule is CC1Oc2c(cc(Br)cc2S(=O)(=O)Cl)NC1=O. The van der Waals surface area contributed by atoms with Crippen molar-refractivity contribution in [3.8, 4) is 5.75 Å². The molecule has 0 saturated carbocycles. The van der Waals surface area contributed by atoms with Crippen molar-refractivity contribution >= 4 is 47.3 Å². The number of carbonyl (C=O) groups is 1. The van der Waals surface area contributed by atoms with E-state index in [1.54, 1.807) is 6.07 Å². The minimum absolute atomic E-state index is 0.0651. The summed E-state index contributed by atoms with van der Waals surface area (Å²) in [5, 5.41) is 2.55. The summed E-state index contributed by atoms with van der Waals surface area (Å²) in [6, 6.07) is 2.87. The van der Waals surface area contributed by atoms with Gasteiger partial charge in [-0.3, -0.25) is 4.79 Å². The van der Waals surface area contributed by atoms with Crippen molar-refractivity contribution < 1.29 is 17.9 Å². The van der Waals surface area contributed by atoms with Gasteiger partial charge >= 0.3 is 0 Å².